The van der Waals surface area contributed by atoms with Crippen molar-refractivity contribution in [1.29, 1.82) is 10.5 Å². The molecule has 0 aromatic heterocycles. The van der Waals surface area contributed by atoms with Gasteiger partial charge in [-0.05, 0) is 0 Å². The van der Waals surface area contributed by atoms with Gasteiger partial charge in [-0.15, -0.1) is 6.58 Å². The fourth-order valence-electron chi connectivity index (χ4n) is 0.162. The molecule has 58 valence electrons. The molecule has 0 aliphatic heterocycles. The molecule has 0 saturated carbocycles. The van der Waals surface area contributed by atoms with Crippen molar-refractivity contribution in [3.63, 3.8) is 0 Å². The highest BCUT2D eigenvalue weighted by atomic mass is 79.9. The van der Waals surface area contributed by atoms with Gasteiger partial charge < -0.3 is 0 Å². The zero-order valence-corrected chi connectivity index (χ0v) is 7.71. The Morgan fingerprint density at radius 1 is 1.45 bits per heavy atom. The summed E-state index contributed by atoms with van der Waals surface area (Å²) < 4.78 is 0. The van der Waals surface area contributed by atoms with Crippen LogP contribution in [0.5, 0.6) is 0 Å². The van der Waals surface area contributed by atoms with Crippen LogP contribution < -0.4 is 0 Å². The molecule has 0 aliphatic carbocycles. The number of nitriles is 2. The maximum Gasteiger partial charge on any atom is 0.0908 e. The van der Waals surface area contributed by atoms with Crippen LogP contribution in [0.3, 0.4) is 0 Å². The number of allylic oxidation sites excluding steroid dienone is 3. The number of nitrogens with zero attached hydrogens (tertiary/aromatic N) is 2. The Bertz CT molecular complexity index is 183. The second-order valence-electron chi connectivity index (χ2n) is 1.34. The molecule has 11 heavy (non-hydrogen) atoms. The number of hydrogen-bond donors (Lipinski definition) is 0. The molecule has 0 heterocycles. The fraction of sp³-hybridized carbons (Fsp3) is 0.250. The molecule has 0 rings (SSSR count). The normalized spacial score (nSPS) is 7.18. The first-order valence-electron chi connectivity index (χ1n) is 2.91. The Morgan fingerprint density at radius 2 is 2.09 bits per heavy atom. The van der Waals surface area contributed by atoms with Crippen LogP contribution in [0.4, 0.5) is 0 Å². The first kappa shape index (κ1) is 12.6. The van der Waals surface area contributed by atoms with E-state index in [1.54, 1.807) is 12.2 Å². The lowest BCUT2D eigenvalue weighted by Crippen LogP contribution is -1.52. The van der Waals surface area contributed by atoms with Crippen molar-refractivity contribution in [2.24, 2.45) is 0 Å². The minimum absolute atomic E-state index is 0.458. The van der Waals surface area contributed by atoms with E-state index >= 15 is 0 Å². The standard InChI is InChI=1S/C4H4BrN.C4H5N/c5-3-1-2-4-6;1-2-3-4-5/h1-2H,3H2;2H,1,3H2/b2-1+;. The maximum absolute atomic E-state index is 7.84. The minimum Gasteiger partial charge on any atom is -0.198 e. The molecule has 0 N–H and O–H groups in total. The van der Waals surface area contributed by atoms with E-state index in [4.69, 9.17) is 10.5 Å². The number of alkyl halides is 1. The largest absolute Gasteiger partial charge is 0.198 e. The van der Waals surface area contributed by atoms with Crippen LogP contribution in [-0.2, 0) is 0 Å². The van der Waals surface area contributed by atoms with Crippen LogP contribution in [0, 0.1) is 22.7 Å². The van der Waals surface area contributed by atoms with Crippen LogP contribution in [0.1, 0.15) is 6.42 Å². The second kappa shape index (κ2) is 16.0. The van der Waals surface area contributed by atoms with Gasteiger partial charge >= 0.3 is 0 Å². The lowest BCUT2D eigenvalue weighted by molar-refractivity contribution is 1.36. The van der Waals surface area contributed by atoms with Gasteiger partial charge in [0.1, 0.15) is 0 Å². The summed E-state index contributed by atoms with van der Waals surface area (Å²) in [6.07, 6.45) is 5.20. The van der Waals surface area contributed by atoms with Gasteiger partial charge in [0.15, 0.2) is 0 Å². The molecule has 0 aromatic carbocycles. The third kappa shape index (κ3) is 27.7. The summed E-state index contributed by atoms with van der Waals surface area (Å²) in [5, 5.41) is 16.3. The molecule has 3 heteroatoms. The zero-order chi connectivity index (χ0) is 8.95. The van der Waals surface area contributed by atoms with E-state index in [2.05, 4.69) is 22.5 Å². The summed E-state index contributed by atoms with van der Waals surface area (Å²) >= 11 is 3.11. The molecule has 0 aromatic rings. The molecule has 2 nitrogen and oxygen atoms in total. The van der Waals surface area contributed by atoms with Gasteiger partial charge in [-0.1, -0.05) is 28.1 Å². The highest BCUT2D eigenvalue weighted by Gasteiger charge is 1.59. The van der Waals surface area contributed by atoms with Crippen LogP contribution in [0.25, 0.3) is 0 Å². The van der Waals surface area contributed by atoms with Crippen LogP contribution >= 0.6 is 15.9 Å². The van der Waals surface area contributed by atoms with E-state index in [1.165, 1.54) is 6.08 Å². The summed E-state index contributed by atoms with van der Waals surface area (Å²) in [4.78, 5) is 0. The third-order valence-corrected chi connectivity index (χ3v) is 0.891. The predicted molar refractivity (Wildman–Crippen MR) is 49.0 cm³/mol. The van der Waals surface area contributed by atoms with Gasteiger partial charge in [-0.25, -0.2) is 0 Å². The lowest BCUT2D eigenvalue weighted by atomic mass is 10.5. The van der Waals surface area contributed by atoms with Gasteiger partial charge in [-0.2, -0.15) is 10.5 Å². The number of hydrogen-bond acceptors (Lipinski definition) is 2. The molecule has 0 unspecified atom stereocenters. The molecule has 0 amide bonds. The number of rotatable bonds is 2. The smallest absolute Gasteiger partial charge is 0.0908 e. The van der Waals surface area contributed by atoms with Gasteiger partial charge in [0.25, 0.3) is 0 Å². The van der Waals surface area contributed by atoms with Crippen molar-refractivity contribution in [2.75, 3.05) is 5.33 Å². The van der Waals surface area contributed by atoms with Crippen molar-refractivity contribution in [1.82, 2.24) is 0 Å². The Morgan fingerprint density at radius 3 is 2.18 bits per heavy atom. The van der Waals surface area contributed by atoms with E-state index in [0.717, 1.165) is 5.33 Å². The highest BCUT2D eigenvalue weighted by molar-refractivity contribution is 9.09. The summed E-state index contributed by atoms with van der Waals surface area (Å²) in [6.45, 7) is 3.33. The average Bonchev–Trinajstić information content (AvgIpc) is 2.04. The molecule has 0 bridgehead atoms. The summed E-state index contributed by atoms with van der Waals surface area (Å²) in [5.74, 6) is 0. The molecule has 0 spiro atoms. The first-order valence-corrected chi connectivity index (χ1v) is 4.04. The quantitative estimate of drug-likeness (QED) is 0.402. The van der Waals surface area contributed by atoms with Crippen molar-refractivity contribution < 1.29 is 0 Å². The van der Waals surface area contributed by atoms with Crippen molar-refractivity contribution in [2.45, 2.75) is 6.42 Å². The van der Waals surface area contributed by atoms with E-state index < -0.39 is 0 Å². The molecule has 0 fully saturated rings. The summed E-state index contributed by atoms with van der Waals surface area (Å²) in [7, 11) is 0. The zero-order valence-electron chi connectivity index (χ0n) is 6.13. The molecule has 0 atom stereocenters. The fourth-order valence-corrected chi connectivity index (χ4v) is 0.349. The molecule has 0 saturated heterocycles. The monoisotopic (exact) mass is 212 g/mol. The Balaban J connectivity index is 0. The molecule has 0 radical (unpaired) electrons. The van der Waals surface area contributed by atoms with Crippen LogP contribution in [-0.4, -0.2) is 5.33 Å². The first-order chi connectivity index (χ1) is 5.33. The maximum atomic E-state index is 7.84. The predicted octanol–water partition coefficient (Wildman–Crippen LogP) is 2.55. The SMILES string of the molecule is C=CCC#N.N#C/C=C/CBr. The summed E-state index contributed by atoms with van der Waals surface area (Å²) in [6, 6.07) is 3.76. The molecule has 0 aliphatic rings. The lowest BCUT2D eigenvalue weighted by Gasteiger charge is -1.61. The molecular formula is C8H9BrN2. The average molecular weight is 213 g/mol. The Labute approximate surface area is 75.6 Å². The van der Waals surface area contributed by atoms with Crippen molar-refractivity contribution >= 4 is 15.9 Å². The highest BCUT2D eigenvalue weighted by Crippen LogP contribution is 1.78. The van der Waals surface area contributed by atoms with Gasteiger partial charge in [0.2, 0.25) is 0 Å². The number of halogens is 1. The van der Waals surface area contributed by atoms with E-state index in [-0.39, 0.29) is 0 Å². The summed E-state index contributed by atoms with van der Waals surface area (Å²) in [5.41, 5.74) is 0. The van der Waals surface area contributed by atoms with Crippen molar-refractivity contribution in [3.8, 4) is 12.1 Å². The van der Waals surface area contributed by atoms with Crippen LogP contribution in [0.2, 0.25) is 0 Å². The second-order valence-corrected chi connectivity index (χ2v) is 1.98. The topological polar surface area (TPSA) is 47.6 Å². The van der Waals surface area contributed by atoms with Gasteiger partial charge in [0, 0.05) is 11.4 Å². The van der Waals surface area contributed by atoms with Gasteiger partial charge in [0.05, 0.1) is 18.6 Å². The van der Waals surface area contributed by atoms with Crippen molar-refractivity contribution in [3.05, 3.63) is 24.8 Å². The van der Waals surface area contributed by atoms with Gasteiger partial charge in [-0.3, -0.25) is 0 Å². The minimum atomic E-state index is 0.458. The third-order valence-electron chi connectivity index (χ3n) is 0.517. The van der Waals surface area contributed by atoms with E-state index in [9.17, 15) is 0 Å². The van der Waals surface area contributed by atoms with E-state index in [0.29, 0.717) is 6.42 Å². The Hall–Kier alpha value is -1.06. The Kier molecular flexibility index (Phi) is 18.3. The van der Waals surface area contributed by atoms with Crippen LogP contribution in [0.15, 0.2) is 24.8 Å². The van der Waals surface area contributed by atoms with E-state index in [1.807, 2.05) is 12.1 Å². The molecular weight excluding hydrogens is 204 g/mol.